The Morgan fingerprint density at radius 3 is 2.89 bits per heavy atom. The fraction of sp³-hybridized carbons (Fsp3) is 0.588. The number of fused-ring (bicyclic) bond motifs is 1. The number of amides is 1. The SMILES string of the molecule is CCSc1nnc(NC(=O)CSc2nc(=O)n(CCCO)c3c2CCCC3)s1. The summed E-state index contributed by atoms with van der Waals surface area (Å²) in [5.74, 6) is 0.874. The van der Waals surface area contributed by atoms with E-state index in [4.69, 9.17) is 5.11 Å². The van der Waals surface area contributed by atoms with E-state index in [1.54, 1.807) is 16.3 Å². The van der Waals surface area contributed by atoms with Crippen LogP contribution in [0.1, 0.15) is 37.4 Å². The first kappa shape index (κ1) is 21.3. The van der Waals surface area contributed by atoms with Crippen LogP contribution in [0.3, 0.4) is 0 Å². The zero-order valence-corrected chi connectivity index (χ0v) is 18.1. The van der Waals surface area contributed by atoms with Crippen molar-refractivity contribution in [1.82, 2.24) is 19.7 Å². The molecule has 2 heterocycles. The molecule has 0 spiro atoms. The minimum Gasteiger partial charge on any atom is -0.396 e. The number of carbonyl (C=O) groups is 1. The number of nitrogens with one attached hydrogen (secondary N) is 1. The van der Waals surface area contributed by atoms with Crippen molar-refractivity contribution in [2.24, 2.45) is 0 Å². The van der Waals surface area contributed by atoms with E-state index in [0.717, 1.165) is 47.0 Å². The maximum Gasteiger partial charge on any atom is 0.348 e. The minimum absolute atomic E-state index is 0.0436. The lowest BCUT2D eigenvalue weighted by Crippen LogP contribution is -2.30. The number of rotatable bonds is 9. The van der Waals surface area contributed by atoms with E-state index in [2.05, 4.69) is 20.5 Å². The van der Waals surface area contributed by atoms with Crippen LogP contribution < -0.4 is 11.0 Å². The molecular weight excluding hydrogens is 418 g/mol. The molecule has 1 aliphatic carbocycles. The molecule has 0 fully saturated rings. The van der Waals surface area contributed by atoms with E-state index < -0.39 is 0 Å². The smallest absolute Gasteiger partial charge is 0.348 e. The summed E-state index contributed by atoms with van der Waals surface area (Å²) in [4.78, 5) is 29.0. The largest absolute Gasteiger partial charge is 0.396 e. The van der Waals surface area contributed by atoms with E-state index in [-0.39, 0.29) is 24.0 Å². The zero-order valence-electron chi connectivity index (χ0n) is 15.6. The molecule has 0 aliphatic heterocycles. The first-order valence-corrected chi connectivity index (χ1v) is 12.0. The summed E-state index contributed by atoms with van der Waals surface area (Å²) in [6, 6.07) is 0. The van der Waals surface area contributed by atoms with Gasteiger partial charge in [-0.1, -0.05) is 41.8 Å². The molecule has 1 amide bonds. The summed E-state index contributed by atoms with van der Waals surface area (Å²) >= 11 is 4.23. The van der Waals surface area contributed by atoms with E-state index in [0.29, 0.717) is 23.1 Å². The summed E-state index contributed by atoms with van der Waals surface area (Å²) < 4.78 is 2.51. The fourth-order valence-electron chi connectivity index (χ4n) is 3.06. The Bertz CT molecular complexity index is 883. The van der Waals surface area contributed by atoms with Crippen molar-refractivity contribution in [3.63, 3.8) is 0 Å². The summed E-state index contributed by atoms with van der Waals surface area (Å²) in [6.07, 6.45) is 4.31. The van der Waals surface area contributed by atoms with Crippen molar-refractivity contribution in [3.8, 4) is 0 Å². The number of aromatic nitrogens is 4. The number of carbonyl (C=O) groups excluding carboxylic acids is 1. The highest BCUT2D eigenvalue weighted by Gasteiger charge is 2.21. The van der Waals surface area contributed by atoms with E-state index >= 15 is 0 Å². The molecule has 2 N–H and O–H groups in total. The monoisotopic (exact) mass is 441 g/mol. The minimum atomic E-state index is -0.303. The molecular formula is C17H23N5O3S3. The lowest BCUT2D eigenvalue weighted by molar-refractivity contribution is -0.113. The van der Waals surface area contributed by atoms with E-state index in [9.17, 15) is 9.59 Å². The maximum atomic E-state index is 12.5. The van der Waals surface area contributed by atoms with Gasteiger partial charge in [-0.15, -0.1) is 10.2 Å². The Hall–Kier alpha value is -1.43. The van der Waals surface area contributed by atoms with Gasteiger partial charge in [-0.25, -0.2) is 4.79 Å². The van der Waals surface area contributed by atoms with E-state index in [1.165, 1.54) is 23.1 Å². The summed E-state index contributed by atoms with van der Waals surface area (Å²) in [5, 5.41) is 21.0. The molecule has 0 unspecified atom stereocenters. The molecule has 28 heavy (non-hydrogen) atoms. The molecule has 2 aromatic rings. The molecule has 152 valence electrons. The van der Waals surface area contributed by atoms with Gasteiger partial charge < -0.3 is 5.11 Å². The molecule has 0 saturated heterocycles. The first-order valence-electron chi connectivity index (χ1n) is 9.24. The molecule has 11 heteroatoms. The van der Waals surface area contributed by atoms with Crippen molar-refractivity contribution in [1.29, 1.82) is 0 Å². The van der Waals surface area contributed by atoms with Crippen LogP contribution >= 0.6 is 34.9 Å². The maximum absolute atomic E-state index is 12.5. The summed E-state index contributed by atoms with van der Waals surface area (Å²) in [7, 11) is 0. The predicted molar refractivity (Wildman–Crippen MR) is 113 cm³/mol. The third kappa shape index (κ3) is 5.34. The quantitative estimate of drug-likeness (QED) is 0.346. The van der Waals surface area contributed by atoms with Crippen molar-refractivity contribution >= 4 is 45.9 Å². The lowest BCUT2D eigenvalue weighted by atomic mass is 9.97. The number of hydrogen-bond acceptors (Lipinski definition) is 9. The van der Waals surface area contributed by atoms with Crippen molar-refractivity contribution in [3.05, 3.63) is 21.7 Å². The second-order valence-corrected chi connectivity index (χ2v) is 9.66. The molecule has 0 aromatic carbocycles. The third-order valence-electron chi connectivity index (χ3n) is 4.25. The number of aliphatic hydroxyl groups excluding tert-OH is 1. The van der Waals surface area contributed by atoms with Crippen molar-refractivity contribution < 1.29 is 9.90 Å². The highest BCUT2D eigenvalue weighted by molar-refractivity contribution is 8.01. The number of anilines is 1. The Morgan fingerprint density at radius 1 is 1.29 bits per heavy atom. The van der Waals surface area contributed by atoms with Crippen LogP contribution in [0.4, 0.5) is 5.13 Å². The zero-order chi connectivity index (χ0) is 19.9. The number of thioether (sulfide) groups is 2. The standard InChI is InChI=1S/C17H23N5O3S3/c1-2-26-17-21-20-15(28-17)18-13(24)10-27-14-11-6-3-4-7-12(11)22(8-5-9-23)16(25)19-14/h23H,2-10H2,1H3,(H,18,20,24). The molecule has 0 atom stereocenters. The number of nitrogens with zero attached hydrogens (tertiary/aromatic N) is 4. The fourth-order valence-corrected chi connectivity index (χ4v) is 5.60. The summed E-state index contributed by atoms with van der Waals surface area (Å²) in [5.41, 5.74) is 1.77. The van der Waals surface area contributed by atoms with Gasteiger partial charge in [0.1, 0.15) is 5.03 Å². The average Bonchev–Trinajstić information content (AvgIpc) is 3.13. The molecule has 0 radical (unpaired) electrons. The van der Waals surface area contributed by atoms with Gasteiger partial charge in [0.05, 0.1) is 5.75 Å². The topological polar surface area (TPSA) is 110 Å². The van der Waals surface area contributed by atoms with Gasteiger partial charge in [-0.05, 0) is 37.9 Å². The van der Waals surface area contributed by atoms with Crippen LogP contribution in [0.25, 0.3) is 0 Å². The Labute approximate surface area is 175 Å². The van der Waals surface area contributed by atoms with Crippen LogP contribution in [0, 0.1) is 0 Å². The van der Waals surface area contributed by atoms with Gasteiger partial charge in [-0.3, -0.25) is 14.7 Å². The van der Waals surface area contributed by atoms with E-state index in [1.807, 2.05) is 6.92 Å². The van der Waals surface area contributed by atoms with Gasteiger partial charge in [-0.2, -0.15) is 4.98 Å². The van der Waals surface area contributed by atoms with Gasteiger partial charge in [0.15, 0.2) is 4.34 Å². The third-order valence-corrected chi connectivity index (χ3v) is 7.12. The normalized spacial score (nSPS) is 13.4. The summed E-state index contributed by atoms with van der Waals surface area (Å²) in [6.45, 7) is 2.56. The second kappa shape index (κ2) is 10.4. The van der Waals surface area contributed by atoms with Crippen molar-refractivity contribution in [2.45, 2.75) is 54.9 Å². The van der Waals surface area contributed by atoms with Gasteiger partial charge >= 0.3 is 5.69 Å². The molecule has 2 aromatic heterocycles. The van der Waals surface area contributed by atoms with Crippen molar-refractivity contribution in [2.75, 3.05) is 23.4 Å². The Morgan fingerprint density at radius 2 is 2.11 bits per heavy atom. The van der Waals surface area contributed by atoms with Crippen LogP contribution in [-0.4, -0.2) is 48.9 Å². The van der Waals surface area contributed by atoms with Gasteiger partial charge in [0.25, 0.3) is 0 Å². The molecule has 0 bridgehead atoms. The van der Waals surface area contributed by atoms with Crippen LogP contribution in [0.15, 0.2) is 14.2 Å². The number of aliphatic hydroxyl groups is 1. The van der Waals surface area contributed by atoms with Gasteiger partial charge in [0.2, 0.25) is 11.0 Å². The van der Waals surface area contributed by atoms with Gasteiger partial charge in [0, 0.05) is 24.4 Å². The van der Waals surface area contributed by atoms with Crippen LogP contribution in [0.2, 0.25) is 0 Å². The van der Waals surface area contributed by atoms with Crippen LogP contribution in [0.5, 0.6) is 0 Å². The van der Waals surface area contributed by atoms with Crippen LogP contribution in [-0.2, 0) is 24.2 Å². The number of hydrogen-bond donors (Lipinski definition) is 2. The molecule has 0 saturated carbocycles. The predicted octanol–water partition coefficient (Wildman–Crippen LogP) is 2.20. The highest BCUT2D eigenvalue weighted by Crippen LogP contribution is 2.29. The lowest BCUT2D eigenvalue weighted by Gasteiger charge is -2.22. The molecule has 8 nitrogen and oxygen atoms in total. The molecule has 3 rings (SSSR count). The Balaban J connectivity index is 1.68. The molecule has 1 aliphatic rings. The second-order valence-electron chi connectivity index (χ2n) is 6.20. The first-order chi connectivity index (χ1) is 13.6. The average molecular weight is 442 g/mol. The highest BCUT2D eigenvalue weighted by atomic mass is 32.2. The Kier molecular flexibility index (Phi) is 7.89.